The van der Waals surface area contributed by atoms with Crippen molar-refractivity contribution in [2.75, 3.05) is 46.8 Å². The molecule has 1 atom stereocenters. The van der Waals surface area contributed by atoms with Crippen molar-refractivity contribution in [3.05, 3.63) is 0 Å². The molecule has 0 radical (unpaired) electrons. The van der Waals surface area contributed by atoms with E-state index in [9.17, 15) is 20.4 Å². The lowest BCUT2D eigenvalue weighted by Gasteiger charge is -2.44. The molecule has 0 saturated heterocycles. The minimum Gasteiger partial charge on any atom is -0.395 e. The molecule has 0 aromatic heterocycles. The first kappa shape index (κ1) is 29.6. The Morgan fingerprint density at radius 3 is 1.63 bits per heavy atom. The van der Waals surface area contributed by atoms with Gasteiger partial charge in [0.25, 0.3) is 0 Å². The van der Waals surface area contributed by atoms with E-state index in [0.717, 1.165) is 12.8 Å². The van der Waals surface area contributed by atoms with Crippen molar-refractivity contribution >= 4 is 17.2 Å². The molecular weight excluding hydrogens is 406 g/mol. The van der Waals surface area contributed by atoms with E-state index in [2.05, 4.69) is 11.2 Å². The standard InChI is InChI=1S/C14H30O6.H4O5P2/c1-3-4-7-20-9-6-14(18,5-8-19-2)13(10-15,11-16)12-17;1-6(2)5-7(3)4/h15-18H,3-12H2,1-2H3;1-4H. The van der Waals surface area contributed by atoms with Crippen LogP contribution in [0.1, 0.15) is 32.6 Å². The summed E-state index contributed by atoms with van der Waals surface area (Å²) in [5.41, 5.74) is -2.80. The van der Waals surface area contributed by atoms with E-state index in [1.165, 1.54) is 7.11 Å². The molecule has 11 nitrogen and oxygen atoms in total. The highest BCUT2D eigenvalue weighted by Crippen LogP contribution is 2.41. The molecule has 0 fully saturated rings. The quantitative estimate of drug-likeness (QED) is 0.119. The second-order valence-corrected chi connectivity index (χ2v) is 7.50. The zero-order valence-corrected chi connectivity index (χ0v) is 17.6. The molecule has 166 valence electrons. The molecule has 0 bridgehead atoms. The summed E-state index contributed by atoms with van der Waals surface area (Å²) in [6.45, 7) is 1.74. The summed E-state index contributed by atoms with van der Waals surface area (Å²) in [7, 11) is -3.71. The smallest absolute Gasteiger partial charge is 0.334 e. The van der Waals surface area contributed by atoms with Crippen LogP contribution in [0.15, 0.2) is 0 Å². The number of hydrogen-bond acceptors (Lipinski definition) is 11. The monoisotopic (exact) mass is 440 g/mol. The lowest BCUT2D eigenvalue weighted by molar-refractivity contribution is -0.171. The van der Waals surface area contributed by atoms with E-state index in [1.807, 2.05) is 0 Å². The number of rotatable bonds is 15. The van der Waals surface area contributed by atoms with Crippen LogP contribution in [-0.4, -0.2) is 92.4 Å². The van der Waals surface area contributed by atoms with Gasteiger partial charge < -0.3 is 49.5 Å². The third-order valence-corrected chi connectivity index (χ3v) is 5.23. The van der Waals surface area contributed by atoms with Crippen molar-refractivity contribution in [3.63, 3.8) is 0 Å². The van der Waals surface area contributed by atoms with E-state index < -0.39 is 48.0 Å². The molecule has 0 aliphatic rings. The number of ether oxygens (including phenoxy) is 2. The maximum atomic E-state index is 10.8. The fraction of sp³-hybridized carbons (Fsp3) is 1.00. The van der Waals surface area contributed by atoms with E-state index >= 15 is 0 Å². The zero-order valence-electron chi connectivity index (χ0n) is 15.8. The Morgan fingerprint density at radius 2 is 1.30 bits per heavy atom. The second kappa shape index (κ2) is 17.3. The van der Waals surface area contributed by atoms with Crippen LogP contribution in [0.3, 0.4) is 0 Å². The fourth-order valence-corrected chi connectivity index (χ4v) is 2.70. The summed E-state index contributed by atoms with van der Waals surface area (Å²) in [6.07, 6.45) is 2.41. The average Bonchev–Trinajstić information content (AvgIpc) is 2.61. The first-order chi connectivity index (χ1) is 12.7. The van der Waals surface area contributed by atoms with E-state index in [0.29, 0.717) is 13.2 Å². The van der Waals surface area contributed by atoms with Gasteiger partial charge in [-0.05, 0) is 6.42 Å². The Balaban J connectivity index is 0. The highest BCUT2D eigenvalue weighted by molar-refractivity contribution is 7.53. The Kier molecular flexibility index (Phi) is 19.0. The minimum absolute atomic E-state index is 0.211. The Labute approximate surface area is 162 Å². The topological polar surface area (TPSA) is 190 Å². The molecule has 8 N–H and O–H groups in total. The van der Waals surface area contributed by atoms with Crippen LogP contribution in [0.2, 0.25) is 0 Å². The first-order valence-corrected chi connectivity index (χ1v) is 10.7. The summed E-state index contributed by atoms with van der Waals surface area (Å²) >= 11 is 0. The third kappa shape index (κ3) is 12.6. The highest BCUT2D eigenvalue weighted by atomic mass is 31.2. The van der Waals surface area contributed by atoms with E-state index in [1.54, 1.807) is 0 Å². The largest absolute Gasteiger partial charge is 0.395 e. The normalized spacial score (nSPS) is 14.2. The maximum absolute atomic E-state index is 10.8. The van der Waals surface area contributed by atoms with Gasteiger partial charge in [0.15, 0.2) is 0 Å². The summed E-state index contributed by atoms with van der Waals surface area (Å²) in [5.74, 6) is 0. The third-order valence-electron chi connectivity index (χ3n) is 4.06. The van der Waals surface area contributed by atoms with Gasteiger partial charge in [0.05, 0.1) is 30.8 Å². The molecule has 0 amide bonds. The molecule has 0 aromatic carbocycles. The molecule has 27 heavy (non-hydrogen) atoms. The first-order valence-electron chi connectivity index (χ1n) is 8.34. The van der Waals surface area contributed by atoms with Gasteiger partial charge in [0, 0.05) is 39.8 Å². The Hall–Kier alpha value is 0.420. The van der Waals surface area contributed by atoms with Crippen molar-refractivity contribution in [3.8, 4) is 0 Å². The maximum Gasteiger partial charge on any atom is 0.334 e. The van der Waals surface area contributed by atoms with Crippen LogP contribution in [0, 0.1) is 5.41 Å². The van der Waals surface area contributed by atoms with Gasteiger partial charge in [-0.25, -0.2) is 4.31 Å². The lowest BCUT2D eigenvalue weighted by Crippen LogP contribution is -2.56. The van der Waals surface area contributed by atoms with Crippen LogP contribution in [-0.2, 0) is 13.8 Å². The van der Waals surface area contributed by atoms with Crippen LogP contribution in [0.5, 0.6) is 0 Å². The van der Waals surface area contributed by atoms with Gasteiger partial charge in [0.2, 0.25) is 0 Å². The minimum atomic E-state index is -2.61. The summed E-state index contributed by atoms with van der Waals surface area (Å²) < 4.78 is 14.0. The van der Waals surface area contributed by atoms with Crippen LogP contribution < -0.4 is 0 Å². The van der Waals surface area contributed by atoms with Gasteiger partial charge in [-0.1, -0.05) is 13.3 Å². The molecule has 0 aliphatic carbocycles. The number of unbranched alkanes of at least 4 members (excludes halogenated alkanes) is 1. The number of aliphatic hydroxyl groups excluding tert-OH is 3. The summed E-state index contributed by atoms with van der Waals surface area (Å²) in [4.78, 5) is 31.3. The van der Waals surface area contributed by atoms with Gasteiger partial charge in [-0.2, -0.15) is 0 Å². The second-order valence-electron chi connectivity index (χ2n) is 5.83. The number of aliphatic hydroxyl groups is 4. The van der Waals surface area contributed by atoms with E-state index in [4.69, 9.17) is 29.0 Å². The highest BCUT2D eigenvalue weighted by Gasteiger charge is 2.49. The molecule has 0 rings (SSSR count). The zero-order chi connectivity index (χ0) is 21.3. The average molecular weight is 440 g/mol. The van der Waals surface area contributed by atoms with Crippen LogP contribution >= 0.6 is 17.2 Å². The van der Waals surface area contributed by atoms with Gasteiger partial charge in [-0.15, -0.1) is 0 Å². The van der Waals surface area contributed by atoms with Crippen molar-refractivity contribution in [2.45, 2.75) is 38.2 Å². The molecule has 0 heterocycles. The Bertz CT molecular complexity index is 318. The molecule has 0 aliphatic heterocycles. The Morgan fingerprint density at radius 1 is 0.815 bits per heavy atom. The molecule has 0 aromatic rings. The fourth-order valence-electron chi connectivity index (χ4n) is 2.17. The van der Waals surface area contributed by atoms with Gasteiger partial charge in [0.1, 0.15) is 0 Å². The number of methoxy groups -OCH3 is 1. The molecule has 1 unspecified atom stereocenters. The van der Waals surface area contributed by atoms with E-state index in [-0.39, 0.29) is 19.4 Å². The summed E-state index contributed by atoms with van der Waals surface area (Å²) in [6, 6.07) is 0. The molecule has 0 saturated carbocycles. The predicted molar refractivity (Wildman–Crippen MR) is 99.3 cm³/mol. The lowest BCUT2D eigenvalue weighted by atomic mass is 9.70. The van der Waals surface area contributed by atoms with Gasteiger partial charge in [-0.3, -0.25) is 0 Å². The van der Waals surface area contributed by atoms with Crippen molar-refractivity contribution in [1.29, 1.82) is 0 Å². The van der Waals surface area contributed by atoms with Crippen LogP contribution in [0.4, 0.5) is 0 Å². The SMILES string of the molecule is CCCCOCCC(O)(CCOC)C(CO)(CO)CO.OP(O)OP(O)O. The van der Waals surface area contributed by atoms with Crippen molar-refractivity contribution in [1.82, 2.24) is 0 Å². The molecular formula is C14H34O11P2. The molecule has 0 spiro atoms. The van der Waals surface area contributed by atoms with Gasteiger partial charge >= 0.3 is 17.2 Å². The molecule has 13 heteroatoms. The number of hydrogen-bond donors (Lipinski definition) is 8. The predicted octanol–water partition coefficient (Wildman–Crippen LogP) is -0.650. The van der Waals surface area contributed by atoms with Crippen molar-refractivity contribution < 1.29 is 53.8 Å². The van der Waals surface area contributed by atoms with Crippen LogP contribution in [0.25, 0.3) is 0 Å². The summed E-state index contributed by atoms with van der Waals surface area (Å²) in [5, 5.41) is 39.2. The van der Waals surface area contributed by atoms with Crippen molar-refractivity contribution in [2.24, 2.45) is 5.41 Å².